The molecule has 2 aromatic rings. The lowest BCUT2D eigenvalue weighted by Crippen LogP contribution is -1.96. The van der Waals surface area contributed by atoms with E-state index in [-0.39, 0.29) is 6.61 Å². The van der Waals surface area contributed by atoms with Gasteiger partial charge < -0.3 is 9.15 Å². The molecular weight excluding hydrogens is 263 g/mol. The molecule has 1 heterocycles. The Morgan fingerprint density at radius 3 is 2.41 bits per heavy atom. The normalized spacial score (nSPS) is 10.5. The van der Waals surface area contributed by atoms with Crippen molar-refractivity contribution >= 4 is 23.2 Å². The zero-order chi connectivity index (χ0) is 12.3. The molecule has 0 saturated heterocycles. The second-order valence-corrected chi connectivity index (χ2v) is 4.10. The summed E-state index contributed by atoms with van der Waals surface area (Å²) < 4.78 is 10.8. The van der Waals surface area contributed by atoms with Gasteiger partial charge in [0.25, 0.3) is 5.89 Å². The van der Waals surface area contributed by atoms with E-state index in [9.17, 15) is 0 Å². The quantitative estimate of drug-likeness (QED) is 0.855. The summed E-state index contributed by atoms with van der Waals surface area (Å²) in [6.07, 6.45) is 0.694. The van der Waals surface area contributed by atoms with Gasteiger partial charge in [-0.1, -0.05) is 36.2 Å². The summed E-state index contributed by atoms with van der Waals surface area (Å²) in [6.45, 7) is 2.08. The Balaban J connectivity index is 2.07. The molecule has 0 unspecified atom stereocenters. The average molecular weight is 273 g/mol. The van der Waals surface area contributed by atoms with Gasteiger partial charge in [-0.25, -0.2) is 0 Å². The van der Waals surface area contributed by atoms with Crippen molar-refractivity contribution in [3.8, 4) is 5.75 Å². The van der Waals surface area contributed by atoms with Gasteiger partial charge in [-0.3, -0.25) is 0 Å². The molecule has 1 aromatic carbocycles. The highest BCUT2D eigenvalue weighted by atomic mass is 35.5. The fourth-order valence-corrected chi connectivity index (χ4v) is 1.75. The molecule has 0 spiro atoms. The minimum atomic E-state index is 0.149. The first-order chi connectivity index (χ1) is 8.20. The highest BCUT2D eigenvalue weighted by Crippen LogP contribution is 2.32. The highest BCUT2D eigenvalue weighted by Gasteiger charge is 2.09. The van der Waals surface area contributed by atoms with E-state index >= 15 is 0 Å². The summed E-state index contributed by atoms with van der Waals surface area (Å²) in [5.74, 6) is 1.40. The topological polar surface area (TPSA) is 48.2 Å². The van der Waals surface area contributed by atoms with Gasteiger partial charge in [0.1, 0.15) is 0 Å². The maximum Gasteiger partial charge on any atom is 0.253 e. The van der Waals surface area contributed by atoms with Crippen LogP contribution >= 0.6 is 23.2 Å². The molecule has 17 heavy (non-hydrogen) atoms. The molecule has 0 fully saturated rings. The van der Waals surface area contributed by atoms with E-state index in [1.54, 1.807) is 18.2 Å². The fourth-order valence-electron chi connectivity index (χ4n) is 1.24. The number of aromatic nitrogens is 2. The van der Waals surface area contributed by atoms with Crippen LogP contribution in [0.4, 0.5) is 0 Å². The summed E-state index contributed by atoms with van der Waals surface area (Å²) in [7, 11) is 0. The third kappa shape index (κ3) is 2.90. The number of hydrogen-bond acceptors (Lipinski definition) is 4. The van der Waals surface area contributed by atoms with Crippen molar-refractivity contribution in [3.63, 3.8) is 0 Å². The maximum atomic E-state index is 5.95. The number of para-hydroxylation sites is 1. The van der Waals surface area contributed by atoms with Crippen LogP contribution in [-0.2, 0) is 13.0 Å². The Kier molecular flexibility index (Phi) is 3.86. The molecule has 0 atom stereocenters. The Morgan fingerprint density at radius 2 is 1.82 bits per heavy atom. The molecule has 0 aliphatic rings. The third-order valence-electron chi connectivity index (χ3n) is 2.07. The first-order valence-corrected chi connectivity index (χ1v) is 5.84. The molecule has 0 radical (unpaired) electrons. The second kappa shape index (κ2) is 5.38. The first kappa shape index (κ1) is 12.2. The van der Waals surface area contributed by atoms with Crippen LogP contribution < -0.4 is 4.74 Å². The van der Waals surface area contributed by atoms with Gasteiger partial charge in [0.05, 0.1) is 10.0 Å². The summed E-state index contributed by atoms with van der Waals surface area (Å²) in [5.41, 5.74) is 0. The minimum absolute atomic E-state index is 0.149. The van der Waals surface area contributed by atoms with E-state index in [2.05, 4.69) is 10.2 Å². The predicted molar refractivity (Wildman–Crippen MR) is 64.5 cm³/mol. The number of benzene rings is 1. The van der Waals surface area contributed by atoms with Crippen molar-refractivity contribution in [1.29, 1.82) is 0 Å². The van der Waals surface area contributed by atoms with E-state index in [1.807, 2.05) is 6.92 Å². The monoisotopic (exact) mass is 272 g/mol. The van der Waals surface area contributed by atoms with Crippen LogP contribution in [0.3, 0.4) is 0 Å². The number of ether oxygens (including phenoxy) is 1. The molecule has 0 aliphatic heterocycles. The number of rotatable bonds is 4. The summed E-state index contributed by atoms with van der Waals surface area (Å²) >= 11 is 11.9. The molecule has 90 valence electrons. The van der Waals surface area contributed by atoms with Crippen LogP contribution in [0.2, 0.25) is 10.0 Å². The van der Waals surface area contributed by atoms with Gasteiger partial charge in [0, 0.05) is 6.42 Å². The molecule has 0 aliphatic carbocycles. The lowest BCUT2D eigenvalue weighted by molar-refractivity contribution is 0.259. The summed E-state index contributed by atoms with van der Waals surface area (Å²) in [6, 6.07) is 5.15. The Bertz CT molecular complexity index is 494. The largest absolute Gasteiger partial charge is 0.481 e. The molecule has 0 bridgehead atoms. The molecule has 2 rings (SSSR count). The van der Waals surface area contributed by atoms with Crippen molar-refractivity contribution in [3.05, 3.63) is 40.0 Å². The third-order valence-corrected chi connectivity index (χ3v) is 2.67. The highest BCUT2D eigenvalue weighted by molar-refractivity contribution is 6.37. The van der Waals surface area contributed by atoms with Crippen molar-refractivity contribution in [2.24, 2.45) is 0 Å². The molecular formula is C11H10Cl2N2O2. The zero-order valence-corrected chi connectivity index (χ0v) is 10.6. The molecule has 6 heteroatoms. The number of hydrogen-bond donors (Lipinski definition) is 0. The van der Waals surface area contributed by atoms with E-state index < -0.39 is 0 Å². The van der Waals surface area contributed by atoms with Crippen LogP contribution in [-0.4, -0.2) is 10.2 Å². The summed E-state index contributed by atoms with van der Waals surface area (Å²) in [5, 5.41) is 8.57. The van der Waals surface area contributed by atoms with Gasteiger partial charge in [-0.05, 0) is 12.1 Å². The Morgan fingerprint density at radius 1 is 1.18 bits per heavy atom. The first-order valence-electron chi connectivity index (χ1n) is 5.08. The minimum Gasteiger partial charge on any atom is -0.481 e. The van der Waals surface area contributed by atoms with Crippen LogP contribution in [0.5, 0.6) is 5.75 Å². The summed E-state index contributed by atoms with van der Waals surface area (Å²) in [4.78, 5) is 0. The van der Waals surface area contributed by atoms with Gasteiger partial charge in [-0.2, -0.15) is 0 Å². The molecule has 0 N–H and O–H groups in total. The maximum absolute atomic E-state index is 5.95. The number of aryl methyl sites for hydroxylation is 1. The number of halogens is 2. The molecule has 0 saturated carbocycles. The van der Waals surface area contributed by atoms with Crippen molar-refractivity contribution in [2.45, 2.75) is 20.0 Å². The van der Waals surface area contributed by atoms with Gasteiger partial charge in [0.15, 0.2) is 12.4 Å². The second-order valence-electron chi connectivity index (χ2n) is 3.28. The lowest BCUT2D eigenvalue weighted by Gasteiger charge is -2.06. The van der Waals surface area contributed by atoms with Crippen molar-refractivity contribution in [2.75, 3.05) is 0 Å². The molecule has 0 amide bonds. The van der Waals surface area contributed by atoms with E-state index in [4.69, 9.17) is 32.4 Å². The van der Waals surface area contributed by atoms with Gasteiger partial charge >= 0.3 is 0 Å². The predicted octanol–water partition coefficient (Wildman–Crippen LogP) is 3.52. The fraction of sp³-hybridized carbons (Fsp3) is 0.273. The average Bonchev–Trinajstić information content (AvgIpc) is 2.76. The van der Waals surface area contributed by atoms with Crippen LogP contribution in [0.15, 0.2) is 22.6 Å². The molecule has 4 nitrogen and oxygen atoms in total. The number of nitrogens with zero attached hydrogens (tertiary/aromatic N) is 2. The van der Waals surface area contributed by atoms with Crippen LogP contribution in [0.25, 0.3) is 0 Å². The van der Waals surface area contributed by atoms with Crippen LogP contribution in [0, 0.1) is 0 Å². The smallest absolute Gasteiger partial charge is 0.253 e. The van der Waals surface area contributed by atoms with E-state index in [1.165, 1.54) is 0 Å². The lowest BCUT2D eigenvalue weighted by atomic mass is 10.3. The standard InChI is InChI=1S/C11H10Cl2N2O2/c1-2-9-14-15-10(17-9)6-16-11-7(12)4-3-5-8(11)13/h3-5H,2,6H2,1H3. The Hall–Kier alpha value is -1.26. The zero-order valence-electron chi connectivity index (χ0n) is 9.11. The van der Waals surface area contributed by atoms with Gasteiger partial charge in [-0.15, -0.1) is 10.2 Å². The van der Waals surface area contributed by atoms with Gasteiger partial charge in [0.2, 0.25) is 5.89 Å². The molecule has 1 aromatic heterocycles. The SMILES string of the molecule is CCc1nnc(COc2c(Cl)cccc2Cl)o1. The van der Waals surface area contributed by atoms with E-state index in [0.717, 1.165) is 0 Å². The van der Waals surface area contributed by atoms with Crippen molar-refractivity contribution < 1.29 is 9.15 Å². The van der Waals surface area contributed by atoms with E-state index in [0.29, 0.717) is 34.0 Å². The Labute approximate surface area is 109 Å². The van der Waals surface area contributed by atoms with Crippen LogP contribution in [0.1, 0.15) is 18.7 Å². The van der Waals surface area contributed by atoms with Crippen molar-refractivity contribution in [1.82, 2.24) is 10.2 Å².